The Kier molecular flexibility index (Phi) is 10.5. The zero-order chi connectivity index (χ0) is 30.1. The first-order valence-electron chi connectivity index (χ1n) is 12.5. The normalized spacial score (nSPS) is 11.0. The first-order chi connectivity index (χ1) is 20.2. The van der Waals surface area contributed by atoms with E-state index >= 15 is 0 Å². The molecule has 11 heteroatoms. The van der Waals surface area contributed by atoms with E-state index in [4.69, 9.17) is 27.9 Å². The van der Waals surface area contributed by atoms with Crippen LogP contribution in [0.4, 0.5) is 11.4 Å². The summed E-state index contributed by atoms with van der Waals surface area (Å²) in [5.41, 5.74) is 1.64. The Labute approximate surface area is 256 Å². The van der Waals surface area contributed by atoms with Crippen LogP contribution in [0.1, 0.15) is 15.9 Å². The molecule has 8 nitrogen and oxygen atoms in total. The van der Waals surface area contributed by atoms with Gasteiger partial charge in [0, 0.05) is 32.8 Å². The topological polar surface area (TPSA) is 117 Å². The Morgan fingerprint density at radius 2 is 1.69 bits per heavy atom. The van der Waals surface area contributed by atoms with Gasteiger partial charge in [-0.15, -0.1) is 11.8 Å². The van der Waals surface area contributed by atoms with E-state index in [1.165, 1.54) is 37.1 Å². The highest BCUT2D eigenvalue weighted by molar-refractivity contribution is 8.00. The van der Waals surface area contributed by atoms with E-state index in [1.54, 1.807) is 78.9 Å². The number of hydrogen-bond donors (Lipinski definition) is 4. The molecule has 0 saturated heterocycles. The number of ether oxygens (including phenoxy) is 1. The minimum atomic E-state index is -0.593. The van der Waals surface area contributed by atoms with Crippen LogP contribution in [0.3, 0.4) is 0 Å². The van der Waals surface area contributed by atoms with Gasteiger partial charge in [-0.1, -0.05) is 47.5 Å². The second kappa shape index (κ2) is 14.5. The van der Waals surface area contributed by atoms with Crippen molar-refractivity contribution in [1.82, 2.24) is 5.32 Å². The van der Waals surface area contributed by atoms with Crippen molar-refractivity contribution in [3.05, 3.63) is 118 Å². The van der Waals surface area contributed by atoms with Crippen LogP contribution in [0, 0.1) is 0 Å². The average molecular weight is 623 g/mol. The zero-order valence-electron chi connectivity index (χ0n) is 22.2. The molecule has 3 amide bonds. The largest absolute Gasteiger partial charge is 0.508 e. The number of anilines is 2. The number of nitrogens with one attached hydrogen (secondary N) is 3. The molecule has 4 rings (SSSR count). The molecule has 0 atom stereocenters. The maximum atomic E-state index is 13.4. The van der Waals surface area contributed by atoms with Crippen molar-refractivity contribution in [3.8, 4) is 11.5 Å². The van der Waals surface area contributed by atoms with Crippen molar-refractivity contribution in [2.45, 2.75) is 4.90 Å². The van der Waals surface area contributed by atoms with Crippen LogP contribution in [0.5, 0.6) is 11.5 Å². The van der Waals surface area contributed by atoms with Gasteiger partial charge in [-0.25, -0.2) is 0 Å². The highest BCUT2D eigenvalue weighted by atomic mass is 35.5. The summed E-state index contributed by atoms with van der Waals surface area (Å²) in [6, 6.07) is 24.6. The standard InChI is InChI=1S/C31H25Cl2N3O5S/c1-41-28-17-23(37)12-10-20(28)14-27(36-30(39)19-6-3-2-4-7-19)31(40)34-22-8-5-9-24(16-22)42-18-29(38)35-26-15-21(32)11-13-25(26)33/h2-17,37H,18H2,1H3,(H,34,40)(H,35,38)(H,36,39)/b27-14+. The van der Waals surface area contributed by atoms with Crippen molar-refractivity contribution in [2.24, 2.45) is 0 Å². The Morgan fingerprint density at radius 1 is 0.905 bits per heavy atom. The van der Waals surface area contributed by atoms with Gasteiger partial charge in [0.1, 0.15) is 17.2 Å². The van der Waals surface area contributed by atoms with Gasteiger partial charge in [0.15, 0.2) is 0 Å². The molecule has 0 radical (unpaired) electrons. The van der Waals surface area contributed by atoms with Crippen LogP contribution in [0.2, 0.25) is 10.0 Å². The highest BCUT2D eigenvalue weighted by Crippen LogP contribution is 2.28. The molecule has 0 fully saturated rings. The zero-order valence-corrected chi connectivity index (χ0v) is 24.5. The molecule has 214 valence electrons. The number of methoxy groups -OCH3 is 1. The number of phenols is 1. The third kappa shape index (κ3) is 8.53. The van der Waals surface area contributed by atoms with Crippen LogP contribution in [-0.4, -0.2) is 35.7 Å². The first-order valence-corrected chi connectivity index (χ1v) is 14.2. The Bertz CT molecular complexity index is 1650. The number of aromatic hydroxyl groups is 1. The fraction of sp³-hybridized carbons (Fsp3) is 0.0645. The lowest BCUT2D eigenvalue weighted by Crippen LogP contribution is -2.30. The fourth-order valence-corrected chi connectivity index (χ4v) is 4.80. The Hall–Kier alpha value is -4.44. The average Bonchev–Trinajstić information content (AvgIpc) is 2.99. The second-order valence-corrected chi connectivity index (χ2v) is 10.6. The lowest BCUT2D eigenvalue weighted by molar-refractivity contribution is -0.114. The van der Waals surface area contributed by atoms with E-state index in [9.17, 15) is 19.5 Å². The maximum Gasteiger partial charge on any atom is 0.272 e. The van der Waals surface area contributed by atoms with Gasteiger partial charge >= 0.3 is 0 Å². The SMILES string of the molecule is COc1cc(O)ccc1/C=C(/NC(=O)c1ccccc1)C(=O)Nc1cccc(SCC(=O)Nc2cc(Cl)ccc2Cl)c1. The molecule has 0 saturated carbocycles. The van der Waals surface area contributed by atoms with Crippen LogP contribution >= 0.6 is 35.0 Å². The van der Waals surface area contributed by atoms with Gasteiger partial charge in [-0.3, -0.25) is 14.4 Å². The predicted octanol–water partition coefficient (Wildman–Crippen LogP) is 6.85. The van der Waals surface area contributed by atoms with E-state index in [1.807, 2.05) is 0 Å². The van der Waals surface area contributed by atoms with Crippen molar-refractivity contribution in [3.63, 3.8) is 0 Å². The van der Waals surface area contributed by atoms with Crippen LogP contribution < -0.4 is 20.7 Å². The summed E-state index contributed by atoms with van der Waals surface area (Å²) in [4.78, 5) is 39.5. The number of carbonyl (C=O) groups excluding carboxylic acids is 3. The molecule has 4 N–H and O–H groups in total. The summed E-state index contributed by atoms with van der Waals surface area (Å²) in [5, 5.41) is 18.8. The van der Waals surface area contributed by atoms with Gasteiger partial charge in [0.05, 0.1) is 23.6 Å². The minimum Gasteiger partial charge on any atom is -0.508 e. The molecule has 0 heterocycles. The van der Waals surface area contributed by atoms with Gasteiger partial charge in [0.2, 0.25) is 5.91 Å². The molecule has 42 heavy (non-hydrogen) atoms. The van der Waals surface area contributed by atoms with E-state index < -0.39 is 11.8 Å². The molecule has 0 unspecified atom stereocenters. The molecule has 0 aliphatic heterocycles. The number of thioether (sulfide) groups is 1. The van der Waals surface area contributed by atoms with Crippen molar-refractivity contribution >= 4 is 70.1 Å². The molecule has 4 aromatic rings. The number of halogens is 2. The highest BCUT2D eigenvalue weighted by Gasteiger charge is 2.17. The lowest BCUT2D eigenvalue weighted by Gasteiger charge is -2.13. The van der Waals surface area contributed by atoms with Gasteiger partial charge in [0.25, 0.3) is 11.8 Å². The first kappa shape index (κ1) is 30.5. The number of carbonyl (C=O) groups is 3. The summed E-state index contributed by atoms with van der Waals surface area (Å²) in [6.45, 7) is 0. The van der Waals surface area contributed by atoms with E-state index in [0.29, 0.717) is 38.3 Å². The van der Waals surface area contributed by atoms with Gasteiger partial charge in [-0.2, -0.15) is 0 Å². The van der Waals surface area contributed by atoms with E-state index in [-0.39, 0.29) is 23.1 Å². The summed E-state index contributed by atoms with van der Waals surface area (Å²) >= 11 is 13.4. The summed E-state index contributed by atoms with van der Waals surface area (Å²) in [7, 11) is 1.43. The van der Waals surface area contributed by atoms with Crippen LogP contribution in [0.25, 0.3) is 6.08 Å². The molecular weight excluding hydrogens is 597 g/mol. The van der Waals surface area contributed by atoms with Crippen molar-refractivity contribution in [2.75, 3.05) is 23.5 Å². The summed E-state index contributed by atoms with van der Waals surface area (Å²) in [6.07, 6.45) is 1.46. The number of phenolic OH excluding ortho intramolecular Hbond substituents is 1. The number of rotatable bonds is 10. The predicted molar refractivity (Wildman–Crippen MR) is 167 cm³/mol. The Morgan fingerprint density at radius 3 is 2.45 bits per heavy atom. The van der Waals surface area contributed by atoms with Crippen molar-refractivity contribution < 1.29 is 24.2 Å². The molecule has 0 bridgehead atoms. The second-order valence-electron chi connectivity index (χ2n) is 8.75. The molecular formula is C31H25Cl2N3O5S. The maximum absolute atomic E-state index is 13.4. The number of benzene rings is 4. The summed E-state index contributed by atoms with van der Waals surface area (Å²) in [5.74, 6) is -0.976. The van der Waals surface area contributed by atoms with Crippen LogP contribution in [0.15, 0.2) is 102 Å². The molecule has 4 aromatic carbocycles. The van der Waals surface area contributed by atoms with Crippen molar-refractivity contribution in [1.29, 1.82) is 0 Å². The summed E-state index contributed by atoms with van der Waals surface area (Å²) < 4.78 is 5.33. The Balaban J connectivity index is 1.49. The smallest absolute Gasteiger partial charge is 0.272 e. The molecule has 0 spiro atoms. The lowest BCUT2D eigenvalue weighted by atomic mass is 10.1. The molecule has 0 aliphatic carbocycles. The van der Waals surface area contributed by atoms with E-state index in [0.717, 1.165) is 4.90 Å². The van der Waals surface area contributed by atoms with Gasteiger partial charge in [-0.05, 0) is 66.7 Å². The fourth-order valence-electron chi connectivity index (χ4n) is 3.71. The number of amides is 3. The number of hydrogen-bond acceptors (Lipinski definition) is 6. The third-order valence-electron chi connectivity index (χ3n) is 5.71. The van der Waals surface area contributed by atoms with Crippen LogP contribution in [-0.2, 0) is 9.59 Å². The molecule has 0 aliphatic rings. The quantitative estimate of drug-likeness (QED) is 0.114. The molecule has 0 aromatic heterocycles. The van der Waals surface area contributed by atoms with E-state index in [2.05, 4.69) is 16.0 Å². The minimum absolute atomic E-state index is 0.0121. The van der Waals surface area contributed by atoms with Gasteiger partial charge < -0.3 is 25.8 Å². The monoisotopic (exact) mass is 621 g/mol. The third-order valence-corrected chi connectivity index (χ3v) is 7.27.